The van der Waals surface area contributed by atoms with Crippen LogP contribution in [0.4, 0.5) is 0 Å². The lowest BCUT2D eigenvalue weighted by Crippen LogP contribution is -2.37. The maximum absolute atomic E-state index is 10.8. The number of aromatic nitrogens is 1. The standard InChI is InChI=1S/C7H9NO2S/c9-11(10)5-7(6-11)8-3-1-2-4-8/h1-4,7H,5-6H2. The average molecular weight is 171 g/mol. The van der Waals surface area contributed by atoms with Crippen LogP contribution in [0.3, 0.4) is 0 Å². The van der Waals surface area contributed by atoms with E-state index in [0.717, 1.165) is 0 Å². The van der Waals surface area contributed by atoms with Gasteiger partial charge >= 0.3 is 0 Å². The van der Waals surface area contributed by atoms with Gasteiger partial charge < -0.3 is 4.57 Å². The molecule has 0 spiro atoms. The molecule has 3 nitrogen and oxygen atoms in total. The van der Waals surface area contributed by atoms with E-state index in [-0.39, 0.29) is 6.04 Å². The van der Waals surface area contributed by atoms with E-state index >= 15 is 0 Å². The molecule has 0 aliphatic carbocycles. The molecular formula is C7H9NO2S. The molecule has 1 fully saturated rings. The Labute approximate surface area is 65.6 Å². The summed E-state index contributed by atoms with van der Waals surface area (Å²) in [6.07, 6.45) is 3.80. The van der Waals surface area contributed by atoms with E-state index in [1.165, 1.54) is 0 Å². The molecule has 0 amide bonds. The predicted molar refractivity (Wildman–Crippen MR) is 42.1 cm³/mol. The van der Waals surface area contributed by atoms with Crippen molar-refractivity contribution in [3.05, 3.63) is 24.5 Å². The lowest BCUT2D eigenvalue weighted by Gasteiger charge is -2.26. The smallest absolute Gasteiger partial charge is 0.154 e. The van der Waals surface area contributed by atoms with Gasteiger partial charge in [-0.15, -0.1) is 0 Å². The normalized spacial score (nSPS) is 22.9. The molecule has 2 rings (SSSR count). The molecular weight excluding hydrogens is 162 g/mol. The van der Waals surface area contributed by atoms with Gasteiger partial charge in [0.2, 0.25) is 0 Å². The van der Waals surface area contributed by atoms with Crippen LogP contribution in [0.5, 0.6) is 0 Å². The van der Waals surface area contributed by atoms with Gasteiger partial charge in [-0.25, -0.2) is 8.42 Å². The first kappa shape index (κ1) is 6.91. The zero-order chi connectivity index (χ0) is 7.90. The maximum Gasteiger partial charge on any atom is 0.154 e. The molecule has 1 aromatic heterocycles. The van der Waals surface area contributed by atoms with E-state index in [1.54, 1.807) is 0 Å². The number of sulfone groups is 1. The molecule has 1 aliphatic heterocycles. The Morgan fingerprint density at radius 3 is 2.18 bits per heavy atom. The van der Waals surface area contributed by atoms with Gasteiger partial charge in [0, 0.05) is 12.4 Å². The van der Waals surface area contributed by atoms with Gasteiger partial charge in [-0.2, -0.15) is 0 Å². The summed E-state index contributed by atoms with van der Waals surface area (Å²) < 4.78 is 23.5. The summed E-state index contributed by atoms with van der Waals surface area (Å²) in [5.41, 5.74) is 0. The molecule has 11 heavy (non-hydrogen) atoms. The monoisotopic (exact) mass is 171 g/mol. The van der Waals surface area contributed by atoms with Gasteiger partial charge in [-0.1, -0.05) is 0 Å². The van der Waals surface area contributed by atoms with E-state index in [4.69, 9.17) is 0 Å². The first-order valence-electron chi connectivity index (χ1n) is 3.50. The zero-order valence-corrected chi connectivity index (χ0v) is 6.79. The van der Waals surface area contributed by atoms with E-state index in [2.05, 4.69) is 0 Å². The molecule has 0 unspecified atom stereocenters. The molecule has 2 heterocycles. The highest BCUT2D eigenvalue weighted by atomic mass is 32.2. The van der Waals surface area contributed by atoms with Crippen LogP contribution in [-0.4, -0.2) is 24.5 Å². The van der Waals surface area contributed by atoms with Crippen molar-refractivity contribution >= 4 is 9.84 Å². The van der Waals surface area contributed by atoms with Crippen molar-refractivity contribution in [2.75, 3.05) is 11.5 Å². The molecule has 1 aliphatic rings. The lowest BCUT2D eigenvalue weighted by atomic mass is 10.4. The minimum Gasteiger partial charge on any atom is -0.349 e. The van der Waals surface area contributed by atoms with E-state index in [0.29, 0.717) is 11.5 Å². The van der Waals surface area contributed by atoms with Crippen LogP contribution in [0, 0.1) is 0 Å². The molecule has 1 saturated heterocycles. The SMILES string of the molecule is O=S1(=O)CC(n2cccc2)C1. The lowest BCUT2D eigenvalue weighted by molar-refractivity contribution is 0.508. The minimum atomic E-state index is -2.68. The van der Waals surface area contributed by atoms with Crippen LogP contribution >= 0.6 is 0 Å². The molecule has 4 heteroatoms. The minimum absolute atomic E-state index is 0.190. The Kier molecular flexibility index (Phi) is 1.32. The maximum atomic E-state index is 10.8. The van der Waals surface area contributed by atoms with Gasteiger partial charge in [0.15, 0.2) is 9.84 Å². The van der Waals surface area contributed by atoms with E-state index < -0.39 is 9.84 Å². The van der Waals surface area contributed by atoms with Crippen molar-refractivity contribution in [2.24, 2.45) is 0 Å². The topological polar surface area (TPSA) is 39.1 Å². The molecule has 0 N–H and O–H groups in total. The van der Waals surface area contributed by atoms with Gasteiger partial charge in [0.25, 0.3) is 0 Å². The Balaban J connectivity index is 2.14. The van der Waals surface area contributed by atoms with Gasteiger partial charge in [-0.05, 0) is 12.1 Å². The van der Waals surface area contributed by atoms with Crippen LogP contribution in [0.2, 0.25) is 0 Å². The summed E-state index contributed by atoms with van der Waals surface area (Å²) in [6, 6.07) is 4.01. The van der Waals surface area contributed by atoms with Crippen molar-refractivity contribution in [3.8, 4) is 0 Å². The Morgan fingerprint density at radius 2 is 1.73 bits per heavy atom. The fourth-order valence-electron chi connectivity index (χ4n) is 1.30. The van der Waals surface area contributed by atoms with Gasteiger partial charge in [-0.3, -0.25) is 0 Å². The highest BCUT2D eigenvalue weighted by Crippen LogP contribution is 2.23. The zero-order valence-electron chi connectivity index (χ0n) is 5.97. The summed E-state index contributed by atoms with van der Waals surface area (Å²) in [7, 11) is -2.68. The number of hydrogen-bond acceptors (Lipinski definition) is 2. The van der Waals surface area contributed by atoms with Crippen molar-refractivity contribution in [3.63, 3.8) is 0 Å². The van der Waals surface area contributed by atoms with Gasteiger partial charge in [0.1, 0.15) is 0 Å². The van der Waals surface area contributed by atoms with Crippen LogP contribution in [-0.2, 0) is 9.84 Å². The summed E-state index contributed by atoms with van der Waals surface area (Å²) in [6.45, 7) is 0. The fraction of sp³-hybridized carbons (Fsp3) is 0.429. The first-order chi connectivity index (χ1) is 5.17. The van der Waals surface area contributed by atoms with E-state index in [1.807, 2.05) is 29.1 Å². The van der Waals surface area contributed by atoms with Crippen molar-refractivity contribution < 1.29 is 8.42 Å². The molecule has 0 atom stereocenters. The van der Waals surface area contributed by atoms with Crippen molar-refractivity contribution in [2.45, 2.75) is 6.04 Å². The third-order valence-electron chi connectivity index (χ3n) is 1.94. The number of rotatable bonds is 1. The van der Waals surface area contributed by atoms with Crippen molar-refractivity contribution in [1.29, 1.82) is 0 Å². The van der Waals surface area contributed by atoms with Crippen molar-refractivity contribution in [1.82, 2.24) is 4.57 Å². The summed E-state index contributed by atoms with van der Waals surface area (Å²) in [5.74, 6) is 0.614. The fourth-order valence-corrected chi connectivity index (χ4v) is 2.72. The molecule has 0 saturated carbocycles. The third kappa shape index (κ3) is 1.18. The van der Waals surface area contributed by atoms with E-state index in [9.17, 15) is 8.42 Å². The third-order valence-corrected chi connectivity index (χ3v) is 3.73. The summed E-state index contributed by atoms with van der Waals surface area (Å²) in [5, 5.41) is 0. The highest BCUT2D eigenvalue weighted by molar-refractivity contribution is 7.92. The first-order valence-corrected chi connectivity index (χ1v) is 5.32. The Hall–Kier alpha value is -0.770. The Morgan fingerprint density at radius 1 is 1.18 bits per heavy atom. The quantitative estimate of drug-likeness (QED) is 0.615. The molecule has 0 bridgehead atoms. The highest BCUT2D eigenvalue weighted by Gasteiger charge is 2.33. The second-order valence-electron chi connectivity index (χ2n) is 2.86. The molecule has 60 valence electrons. The number of nitrogens with zero attached hydrogens (tertiary/aromatic N) is 1. The number of hydrogen-bond donors (Lipinski definition) is 0. The largest absolute Gasteiger partial charge is 0.349 e. The second-order valence-corrected chi connectivity index (χ2v) is 5.01. The molecule has 0 radical (unpaired) electrons. The van der Waals surface area contributed by atoms with Crippen LogP contribution < -0.4 is 0 Å². The van der Waals surface area contributed by atoms with Crippen LogP contribution in [0.15, 0.2) is 24.5 Å². The molecule has 1 aromatic rings. The van der Waals surface area contributed by atoms with Crippen LogP contribution in [0.1, 0.15) is 6.04 Å². The second kappa shape index (κ2) is 2.11. The summed E-state index contributed by atoms with van der Waals surface area (Å²) >= 11 is 0. The Bertz CT molecular complexity index is 327. The van der Waals surface area contributed by atoms with Crippen LogP contribution in [0.25, 0.3) is 0 Å². The van der Waals surface area contributed by atoms with Gasteiger partial charge in [0.05, 0.1) is 17.5 Å². The predicted octanol–water partition coefficient (Wildman–Crippen LogP) is 0.458. The summed E-state index contributed by atoms with van der Waals surface area (Å²) in [4.78, 5) is 0. The average Bonchev–Trinajstić information content (AvgIpc) is 2.32. The molecule has 0 aromatic carbocycles.